The number of hydrogen-bond acceptors (Lipinski definition) is 3. The average Bonchev–Trinajstić information content (AvgIpc) is 2.77. The Morgan fingerprint density at radius 2 is 2.32 bits per heavy atom. The van der Waals surface area contributed by atoms with Gasteiger partial charge in [0, 0.05) is 17.3 Å². The van der Waals surface area contributed by atoms with Gasteiger partial charge in [-0.1, -0.05) is 38.7 Å². The number of fused-ring (bicyclic) bond motifs is 1. The van der Waals surface area contributed by atoms with Crippen LogP contribution < -0.4 is 0 Å². The summed E-state index contributed by atoms with van der Waals surface area (Å²) >= 11 is 1.43. The second-order valence-electron chi connectivity index (χ2n) is 6.26. The van der Waals surface area contributed by atoms with E-state index in [9.17, 15) is 4.79 Å². The van der Waals surface area contributed by atoms with Crippen LogP contribution in [0.4, 0.5) is 0 Å². The summed E-state index contributed by atoms with van der Waals surface area (Å²) in [6.45, 7) is 7.13. The molecule has 1 aromatic heterocycles. The molecule has 1 heterocycles. The van der Waals surface area contributed by atoms with E-state index in [2.05, 4.69) is 32.6 Å². The molecule has 3 unspecified atom stereocenters. The molecule has 100 valence electrons. The predicted octanol–water partition coefficient (Wildman–Crippen LogP) is 3.59. The van der Waals surface area contributed by atoms with E-state index < -0.39 is 0 Å². The summed E-state index contributed by atoms with van der Waals surface area (Å²) in [6.07, 6.45) is 1.04. The Bertz CT molecular complexity index is 561. The van der Waals surface area contributed by atoms with Crippen LogP contribution in [0.5, 0.6) is 0 Å². The van der Waals surface area contributed by atoms with Crippen LogP contribution in [0, 0.1) is 34.5 Å². The molecule has 1 fully saturated rings. The number of hydrogen-bond donors (Lipinski definition) is 0. The van der Waals surface area contributed by atoms with Gasteiger partial charge in [0.05, 0.1) is 6.61 Å². The zero-order chi connectivity index (χ0) is 13.7. The van der Waals surface area contributed by atoms with Gasteiger partial charge < -0.3 is 4.74 Å². The number of rotatable bonds is 3. The van der Waals surface area contributed by atoms with Crippen molar-refractivity contribution >= 4 is 17.3 Å². The zero-order valence-electron chi connectivity index (χ0n) is 11.5. The smallest absolute Gasteiger partial charge is 0.348 e. The molecule has 19 heavy (non-hydrogen) atoms. The van der Waals surface area contributed by atoms with Crippen LogP contribution in [-0.4, -0.2) is 12.6 Å². The summed E-state index contributed by atoms with van der Waals surface area (Å²) in [5.41, 5.74) is 0.241. The molecule has 1 saturated carbocycles. The van der Waals surface area contributed by atoms with E-state index in [1.54, 1.807) is 0 Å². The van der Waals surface area contributed by atoms with Crippen LogP contribution in [0.25, 0.3) is 0 Å². The standard InChI is InChI=1S/C16H18O2S/c1-11-6-7-13-15(2,3)16(13,9-11)10-18-14(17)12-5-4-8-19-12/h4-5,8,11,13H,9-10H2,1-3H3. The summed E-state index contributed by atoms with van der Waals surface area (Å²) in [4.78, 5) is 12.6. The maximum absolute atomic E-state index is 12.0. The van der Waals surface area contributed by atoms with Crippen molar-refractivity contribution in [2.45, 2.75) is 27.2 Å². The predicted molar refractivity (Wildman–Crippen MR) is 75.9 cm³/mol. The van der Waals surface area contributed by atoms with Gasteiger partial charge in [0.1, 0.15) is 4.88 Å². The molecule has 0 aromatic carbocycles. The summed E-state index contributed by atoms with van der Waals surface area (Å²) < 4.78 is 5.56. The second kappa shape index (κ2) is 4.11. The van der Waals surface area contributed by atoms with Crippen molar-refractivity contribution < 1.29 is 9.53 Å². The first-order valence-corrected chi connectivity index (χ1v) is 7.57. The van der Waals surface area contributed by atoms with Gasteiger partial charge in [0.25, 0.3) is 0 Å². The summed E-state index contributed by atoms with van der Waals surface area (Å²) in [7, 11) is 0. The zero-order valence-corrected chi connectivity index (χ0v) is 12.3. The molecule has 0 N–H and O–H groups in total. The third-order valence-electron chi connectivity index (χ3n) is 4.80. The largest absolute Gasteiger partial charge is 0.461 e. The molecule has 3 heteroatoms. The Kier molecular flexibility index (Phi) is 2.76. The molecule has 0 bridgehead atoms. The molecule has 2 aliphatic carbocycles. The normalized spacial score (nSPS) is 33.8. The number of carbonyl (C=O) groups is 1. The molecule has 0 spiro atoms. The highest BCUT2D eigenvalue weighted by Gasteiger charge is 2.71. The third kappa shape index (κ3) is 1.81. The molecule has 2 nitrogen and oxygen atoms in total. The van der Waals surface area contributed by atoms with Gasteiger partial charge in [0.15, 0.2) is 0 Å². The van der Waals surface area contributed by atoms with Crippen LogP contribution in [0.1, 0.15) is 36.9 Å². The summed E-state index contributed by atoms with van der Waals surface area (Å²) in [5, 5.41) is 1.90. The first-order valence-electron chi connectivity index (χ1n) is 6.69. The van der Waals surface area contributed by atoms with E-state index in [0.29, 0.717) is 23.3 Å². The van der Waals surface area contributed by atoms with E-state index in [-0.39, 0.29) is 16.8 Å². The highest BCUT2D eigenvalue weighted by Crippen LogP contribution is 2.72. The number of ether oxygens (including phenoxy) is 1. The summed E-state index contributed by atoms with van der Waals surface area (Å²) in [6, 6.07) is 3.68. The van der Waals surface area contributed by atoms with Crippen LogP contribution >= 0.6 is 11.3 Å². The van der Waals surface area contributed by atoms with Crippen LogP contribution in [0.3, 0.4) is 0 Å². The van der Waals surface area contributed by atoms with Gasteiger partial charge in [-0.05, 0) is 23.3 Å². The third-order valence-corrected chi connectivity index (χ3v) is 5.65. The lowest BCUT2D eigenvalue weighted by Crippen LogP contribution is -2.23. The van der Waals surface area contributed by atoms with Gasteiger partial charge in [-0.25, -0.2) is 4.79 Å². The van der Waals surface area contributed by atoms with Gasteiger partial charge in [0.2, 0.25) is 0 Å². The maximum atomic E-state index is 12.0. The fourth-order valence-corrected chi connectivity index (χ4v) is 4.07. The minimum Gasteiger partial charge on any atom is -0.461 e. The quantitative estimate of drug-likeness (QED) is 0.622. The Balaban J connectivity index is 1.71. The topological polar surface area (TPSA) is 26.3 Å². The molecule has 3 rings (SSSR count). The van der Waals surface area contributed by atoms with E-state index >= 15 is 0 Å². The monoisotopic (exact) mass is 274 g/mol. The average molecular weight is 274 g/mol. The molecule has 1 aromatic rings. The van der Waals surface area contributed by atoms with Crippen molar-refractivity contribution in [2.75, 3.05) is 6.61 Å². The highest BCUT2D eigenvalue weighted by atomic mass is 32.1. The van der Waals surface area contributed by atoms with Gasteiger partial charge in [-0.15, -0.1) is 11.3 Å². The molecular weight excluding hydrogens is 256 g/mol. The van der Waals surface area contributed by atoms with Crippen molar-refractivity contribution in [3.63, 3.8) is 0 Å². The van der Waals surface area contributed by atoms with Gasteiger partial charge >= 0.3 is 5.97 Å². The van der Waals surface area contributed by atoms with E-state index in [1.807, 2.05) is 17.5 Å². The van der Waals surface area contributed by atoms with Crippen LogP contribution in [0.2, 0.25) is 0 Å². The van der Waals surface area contributed by atoms with Crippen LogP contribution in [0.15, 0.2) is 17.5 Å². The van der Waals surface area contributed by atoms with E-state index in [0.717, 1.165) is 6.42 Å². The summed E-state index contributed by atoms with van der Waals surface area (Å²) in [5.74, 6) is 7.22. The number of thiophene rings is 1. The van der Waals surface area contributed by atoms with Crippen molar-refractivity contribution in [3.8, 4) is 11.8 Å². The van der Waals surface area contributed by atoms with Crippen molar-refractivity contribution in [1.29, 1.82) is 0 Å². The molecule has 0 radical (unpaired) electrons. The Morgan fingerprint density at radius 1 is 1.53 bits per heavy atom. The fourth-order valence-electron chi connectivity index (χ4n) is 3.45. The maximum Gasteiger partial charge on any atom is 0.348 e. The van der Waals surface area contributed by atoms with Gasteiger partial charge in [-0.3, -0.25) is 0 Å². The molecule has 0 aliphatic heterocycles. The van der Waals surface area contributed by atoms with Gasteiger partial charge in [-0.2, -0.15) is 0 Å². The fraction of sp³-hybridized carbons (Fsp3) is 0.562. The van der Waals surface area contributed by atoms with E-state index in [4.69, 9.17) is 4.74 Å². The molecular formula is C16H18O2S. The Labute approximate surface area is 118 Å². The minimum atomic E-state index is -0.197. The molecule has 3 atom stereocenters. The second-order valence-corrected chi connectivity index (χ2v) is 7.21. The first kappa shape index (κ1) is 12.7. The molecule has 0 amide bonds. The molecule has 2 aliphatic rings. The van der Waals surface area contributed by atoms with Crippen LogP contribution in [-0.2, 0) is 4.74 Å². The minimum absolute atomic E-state index is 0.0740. The Morgan fingerprint density at radius 3 is 3.00 bits per heavy atom. The molecule has 0 saturated heterocycles. The van der Waals surface area contributed by atoms with Crippen molar-refractivity contribution in [2.24, 2.45) is 22.7 Å². The Hall–Kier alpha value is -1.27. The number of carbonyl (C=O) groups excluding carboxylic acids is 1. The van der Waals surface area contributed by atoms with Crippen molar-refractivity contribution in [3.05, 3.63) is 22.4 Å². The lowest BCUT2D eigenvalue weighted by Gasteiger charge is -2.22. The lowest BCUT2D eigenvalue weighted by atomic mass is 9.85. The SMILES string of the molecule is CC1C#CC2C(C)(C)C2(COC(=O)c2cccs2)C1. The number of esters is 1. The lowest BCUT2D eigenvalue weighted by molar-refractivity contribution is 0.0359. The van der Waals surface area contributed by atoms with E-state index in [1.165, 1.54) is 11.3 Å². The highest BCUT2D eigenvalue weighted by molar-refractivity contribution is 7.11. The van der Waals surface area contributed by atoms with Crippen molar-refractivity contribution in [1.82, 2.24) is 0 Å². The first-order chi connectivity index (χ1) is 8.97.